The van der Waals surface area contributed by atoms with E-state index in [0.29, 0.717) is 12.3 Å². The van der Waals surface area contributed by atoms with Gasteiger partial charge in [0.2, 0.25) is 11.8 Å². The lowest BCUT2D eigenvalue weighted by Crippen LogP contribution is -2.41. The van der Waals surface area contributed by atoms with Crippen LogP contribution in [0.4, 0.5) is 0 Å². The molecule has 0 radical (unpaired) electrons. The van der Waals surface area contributed by atoms with Gasteiger partial charge >= 0.3 is 0 Å². The number of amides is 2. The molecule has 2 amide bonds. The zero-order valence-corrected chi connectivity index (χ0v) is 8.43. The topological polar surface area (TPSA) is 58.2 Å². The lowest BCUT2D eigenvalue weighted by Gasteiger charge is -2.34. The van der Waals surface area contributed by atoms with Gasteiger partial charge in [0.25, 0.3) is 0 Å². The fourth-order valence-corrected chi connectivity index (χ4v) is 2.52. The van der Waals surface area contributed by atoms with Crippen molar-refractivity contribution in [1.82, 2.24) is 10.6 Å². The van der Waals surface area contributed by atoms with Crippen LogP contribution >= 0.6 is 0 Å². The molecule has 2 aliphatic heterocycles. The van der Waals surface area contributed by atoms with Gasteiger partial charge in [-0.25, -0.2) is 0 Å². The highest BCUT2D eigenvalue weighted by Crippen LogP contribution is 2.39. The molecule has 4 nitrogen and oxygen atoms in total. The van der Waals surface area contributed by atoms with Crippen molar-refractivity contribution in [3.63, 3.8) is 0 Å². The normalized spacial score (nSPS) is 34.6. The number of piperidine rings is 1. The average molecular weight is 196 g/mol. The molecule has 2 rings (SSSR count). The van der Waals surface area contributed by atoms with E-state index in [1.165, 1.54) is 0 Å². The van der Waals surface area contributed by atoms with Crippen molar-refractivity contribution in [3.05, 3.63) is 0 Å². The first-order valence-corrected chi connectivity index (χ1v) is 5.18. The molecule has 4 heteroatoms. The maximum absolute atomic E-state index is 11.7. The third-order valence-electron chi connectivity index (χ3n) is 3.54. The highest BCUT2D eigenvalue weighted by atomic mass is 16.2. The highest BCUT2D eigenvalue weighted by Gasteiger charge is 2.48. The smallest absolute Gasteiger partial charge is 0.233 e. The van der Waals surface area contributed by atoms with Crippen LogP contribution in [0.25, 0.3) is 0 Å². The van der Waals surface area contributed by atoms with Crippen LogP contribution in [0.5, 0.6) is 0 Å². The summed E-state index contributed by atoms with van der Waals surface area (Å²) in [6.45, 7) is 3.84. The molecule has 0 bridgehead atoms. The average Bonchev–Trinajstić information content (AvgIpc) is 2.43. The van der Waals surface area contributed by atoms with E-state index in [-0.39, 0.29) is 11.8 Å². The molecule has 0 aromatic heterocycles. The number of imide groups is 1. The van der Waals surface area contributed by atoms with Gasteiger partial charge in [-0.1, -0.05) is 0 Å². The Morgan fingerprint density at radius 3 is 2.43 bits per heavy atom. The van der Waals surface area contributed by atoms with Crippen LogP contribution in [-0.4, -0.2) is 24.9 Å². The molecule has 0 spiro atoms. The Morgan fingerprint density at radius 2 is 1.93 bits per heavy atom. The van der Waals surface area contributed by atoms with Crippen molar-refractivity contribution < 1.29 is 9.59 Å². The number of rotatable bonds is 1. The van der Waals surface area contributed by atoms with Crippen LogP contribution in [0.2, 0.25) is 0 Å². The van der Waals surface area contributed by atoms with Gasteiger partial charge in [-0.3, -0.25) is 14.9 Å². The number of nitrogens with one attached hydrogen (secondary N) is 2. The van der Waals surface area contributed by atoms with E-state index in [4.69, 9.17) is 0 Å². The predicted octanol–water partition coefficient (Wildman–Crippen LogP) is 0.0388. The van der Waals surface area contributed by atoms with Crippen molar-refractivity contribution in [1.29, 1.82) is 0 Å². The Morgan fingerprint density at radius 1 is 1.29 bits per heavy atom. The SMILES string of the molecule is CC1(C2CCNCC2)CC(=O)NC1=O. The minimum atomic E-state index is -0.445. The first-order chi connectivity index (χ1) is 6.63. The van der Waals surface area contributed by atoms with E-state index in [1.54, 1.807) is 0 Å². The summed E-state index contributed by atoms with van der Waals surface area (Å²) in [7, 11) is 0. The molecule has 14 heavy (non-hydrogen) atoms. The molecule has 1 atom stereocenters. The fourth-order valence-electron chi connectivity index (χ4n) is 2.52. The molecule has 0 aliphatic carbocycles. The Kier molecular flexibility index (Phi) is 2.31. The van der Waals surface area contributed by atoms with Gasteiger partial charge in [-0.15, -0.1) is 0 Å². The second kappa shape index (κ2) is 3.35. The lowest BCUT2D eigenvalue weighted by molar-refractivity contribution is -0.130. The van der Waals surface area contributed by atoms with E-state index < -0.39 is 5.41 Å². The summed E-state index contributed by atoms with van der Waals surface area (Å²) in [5.41, 5.74) is -0.445. The van der Waals surface area contributed by atoms with Gasteiger partial charge in [0.05, 0.1) is 5.41 Å². The van der Waals surface area contributed by atoms with Gasteiger partial charge < -0.3 is 5.32 Å². The lowest BCUT2D eigenvalue weighted by atomic mass is 9.71. The van der Waals surface area contributed by atoms with E-state index in [0.717, 1.165) is 25.9 Å². The summed E-state index contributed by atoms with van der Waals surface area (Å²) < 4.78 is 0. The van der Waals surface area contributed by atoms with E-state index in [9.17, 15) is 9.59 Å². The molecule has 2 N–H and O–H groups in total. The molecule has 2 saturated heterocycles. The van der Waals surface area contributed by atoms with Gasteiger partial charge in [-0.2, -0.15) is 0 Å². The second-order valence-corrected chi connectivity index (χ2v) is 4.50. The number of carbonyl (C=O) groups excluding carboxylic acids is 2. The Hall–Kier alpha value is -0.900. The van der Waals surface area contributed by atoms with Crippen LogP contribution in [-0.2, 0) is 9.59 Å². The Bertz CT molecular complexity index is 271. The molecule has 0 aromatic rings. The Labute approximate surface area is 83.4 Å². The summed E-state index contributed by atoms with van der Waals surface area (Å²) in [5.74, 6) is 0.167. The van der Waals surface area contributed by atoms with Gasteiger partial charge in [0.1, 0.15) is 0 Å². The molecule has 2 aliphatic rings. The quantitative estimate of drug-likeness (QED) is 0.582. The van der Waals surface area contributed by atoms with Gasteiger partial charge in [-0.05, 0) is 38.8 Å². The van der Waals surface area contributed by atoms with E-state index in [1.807, 2.05) is 6.92 Å². The van der Waals surface area contributed by atoms with Crippen LogP contribution in [0.15, 0.2) is 0 Å². The molecule has 2 heterocycles. The number of hydrogen-bond donors (Lipinski definition) is 2. The van der Waals surface area contributed by atoms with E-state index in [2.05, 4.69) is 10.6 Å². The molecule has 78 valence electrons. The number of carbonyl (C=O) groups is 2. The summed E-state index contributed by atoms with van der Waals surface area (Å²) in [5, 5.41) is 5.67. The first kappa shape index (κ1) is 9.65. The maximum Gasteiger partial charge on any atom is 0.233 e. The monoisotopic (exact) mass is 196 g/mol. The molecule has 1 unspecified atom stereocenters. The van der Waals surface area contributed by atoms with Gasteiger partial charge in [0.15, 0.2) is 0 Å². The summed E-state index contributed by atoms with van der Waals surface area (Å²) in [6.07, 6.45) is 2.37. The summed E-state index contributed by atoms with van der Waals surface area (Å²) >= 11 is 0. The maximum atomic E-state index is 11.7. The summed E-state index contributed by atoms with van der Waals surface area (Å²) in [6, 6.07) is 0. The van der Waals surface area contributed by atoms with Crippen molar-refractivity contribution in [2.24, 2.45) is 11.3 Å². The zero-order valence-electron chi connectivity index (χ0n) is 8.43. The molecular weight excluding hydrogens is 180 g/mol. The summed E-state index contributed by atoms with van der Waals surface area (Å²) in [4.78, 5) is 22.8. The third kappa shape index (κ3) is 1.43. The van der Waals surface area contributed by atoms with Gasteiger partial charge in [0, 0.05) is 6.42 Å². The van der Waals surface area contributed by atoms with Crippen molar-refractivity contribution >= 4 is 11.8 Å². The van der Waals surface area contributed by atoms with Crippen molar-refractivity contribution in [2.75, 3.05) is 13.1 Å². The largest absolute Gasteiger partial charge is 0.317 e. The Balaban J connectivity index is 2.14. The zero-order chi connectivity index (χ0) is 10.2. The van der Waals surface area contributed by atoms with Crippen LogP contribution in [0.1, 0.15) is 26.2 Å². The molecule has 2 fully saturated rings. The molecule has 0 saturated carbocycles. The molecular formula is C10H16N2O2. The third-order valence-corrected chi connectivity index (χ3v) is 3.54. The molecule has 0 aromatic carbocycles. The van der Waals surface area contributed by atoms with Crippen LogP contribution in [0, 0.1) is 11.3 Å². The second-order valence-electron chi connectivity index (χ2n) is 4.50. The number of hydrogen-bond acceptors (Lipinski definition) is 3. The minimum absolute atomic E-state index is 0.0746. The minimum Gasteiger partial charge on any atom is -0.317 e. The fraction of sp³-hybridized carbons (Fsp3) is 0.800. The first-order valence-electron chi connectivity index (χ1n) is 5.18. The van der Waals surface area contributed by atoms with Crippen LogP contribution in [0.3, 0.4) is 0 Å². The van der Waals surface area contributed by atoms with E-state index >= 15 is 0 Å². The predicted molar refractivity (Wildman–Crippen MR) is 51.5 cm³/mol. The standard InChI is InChI=1S/C10H16N2O2/c1-10(6-8(13)12-9(10)14)7-2-4-11-5-3-7/h7,11H,2-6H2,1H3,(H,12,13,14). The van der Waals surface area contributed by atoms with Crippen LogP contribution < -0.4 is 10.6 Å². The van der Waals surface area contributed by atoms with Crippen molar-refractivity contribution in [2.45, 2.75) is 26.2 Å². The van der Waals surface area contributed by atoms with Crippen molar-refractivity contribution in [3.8, 4) is 0 Å². The highest BCUT2D eigenvalue weighted by molar-refractivity contribution is 6.05.